The van der Waals surface area contributed by atoms with Crippen LogP contribution in [0.3, 0.4) is 0 Å². The summed E-state index contributed by atoms with van der Waals surface area (Å²) in [6, 6.07) is 19.4. The summed E-state index contributed by atoms with van der Waals surface area (Å²) in [5, 5.41) is 5.92. The second kappa shape index (κ2) is 7.44. The number of rotatable bonds is 4. The van der Waals surface area contributed by atoms with E-state index >= 15 is 0 Å². The van der Waals surface area contributed by atoms with Crippen molar-refractivity contribution in [3.05, 3.63) is 77.4 Å². The minimum Gasteiger partial charge on any atom is -0.436 e. The molecule has 4 rings (SSSR count). The van der Waals surface area contributed by atoms with Crippen LogP contribution in [0.25, 0.3) is 22.2 Å². The van der Waals surface area contributed by atoms with E-state index in [9.17, 15) is 8.42 Å². The van der Waals surface area contributed by atoms with Crippen LogP contribution in [0.15, 0.2) is 71.6 Å². The van der Waals surface area contributed by atoms with Gasteiger partial charge >= 0.3 is 0 Å². The Morgan fingerprint density at radius 1 is 0.931 bits per heavy atom. The first-order valence-corrected chi connectivity index (χ1v) is 10.6. The molecule has 29 heavy (non-hydrogen) atoms. The third-order valence-electron chi connectivity index (χ3n) is 4.34. The summed E-state index contributed by atoms with van der Waals surface area (Å²) in [6.45, 7) is 1.71. The molecule has 0 atom stereocenters. The lowest BCUT2D eigenvalue weighted by atomic mass is 10.1. The topological polar surface area (TPSA) is 95.2 Å². The van der Waals surface area contributed by atoms with E-state index in [-0.39, 0.29) is 16.5 Å². The van der Waals surface area contributed by atoms with E-state index in [0.717, 1.165) is 5.56 Å². The number of benzene rings is 3. The van der Waals surface area contributed by atoms with Gasteiger partial charge in [0.15, 0.2) is 0 Å². The minimum atomic E-state index is -4.04. The van der Waals surface area contributed by atoms with Crippen LogP contribution in [0.4, 0.5) is 0 Å². The predicted octanol–water partition coefficient (Wildman–Crippen LogP) is 4.70. The highest BCUT2D eigenvalue weighted by Crippen LogP contribution is 2.33. The molecule has 146 valence electrons. The summed E-state index contributed by atoms with van der Waals surface area (Å²) in [5.74, 6) is 0.253. The predicted molar refractivity (Wildman–Crippen MR) is 113 cm³/mol. The number of fused-ring (bicyclic) bond motifs is 1. The lowest BCUT2D eigenvalue weighted by molar-refractivity contribution is 0.445. The molecule has 0 fully saturated rings. The molecular weight excluding hydrogens is 410 g/mol. The molecule has 0 amide bonds. The van der Waals surface area contributed by atoms with E-state index in [4.69, 9.17) is 21.5 Å². The molecule has 0 aliphatic heterocycles. The van der Waals surface area contributed by atoms with E-state index in [1.807, 2.05) is 30.3 Å². The number of nitrogens with two attached hydrogens (primary N) is 1. The molecule has 1 aromatic heterocycles. The number of hydrogen-bond donors (Lipinski definition) is 1. The zero-order valence-electron chi connectivity index (χ0n) is 15.3. The highest BCUT2D eigenvalue weighted by molar-refractivity contribution is 7.89. The SMILES string of the molecule is Cc1nc2c(Cl)cccc2nc1Oc1ccc(-c2ccccc2)cc1S(N)(=O)=O. The van der Waals surface area contributed by atoms with Crippen molar-refractivity contribution >= 4 is 32.7 Å². The van der Waals surface area contributed by atoms with Gasteiger partial charge in [0.1, 0.15) is 21.9 Å². The van der Waals surface area contributed by atoms with Crippen LogP contribution in [-0.2, 0) is 10.0 Å². The third-order valence-corrected chi connectivity index (χ3v) is 5.58. The Morgan fingerprint density at radius 3 is 2.41 bits per heavy atom. The van der Waals surface area contributed by atoms with Crippen molar-refractivity contribution in [1.82, 2.24) is 9.97 Å². The van der Waals surface area contributed by atoms with Crippen LogP contribution >= 0.6 is 11.6 Å². The smallest absolute Gasteiger partial charge is 0.241 e. The third kappa shape index (κ3) is 3.93. The van der Waals surface area contributed by atoms with Crippen LogP contribution in [0.5, 0.6) is 11.6 Å². The fraction of sp³-hybridized carbons (Fsp3) is 0.0476. The summed E-state index contributed by atoms with van der Waals surface area (Å²) in [4.78, 5) is 8.72. The second-order valence-electron chi connectivity index (χ2n) is 6.40. The second-order valence-corrected chi connectivity index (χ2v) is 8.33. The highest BCUT2D eigenvalue weighted by atomic mass is 35.5. The molecule has 0 aliphatic rings. The Balaban J connectivity index is 1.81. The Kier molecular flexibility index (Phi) is 4.96. The molecule has 8 heteroatoms. The van der Waals surface area contributed by atoms with Gasteiger partial charge in [0.25, 0.3) is 0 Å². The molecule has 6 nitrogen and oxygen atoms in total. The summed E-state index contributed by atoms with van der Waals surface area (Å²) in [5.41, 5.74) is 3.12. The highest BCUT2D eigenvalue weighted by Gasteiger charge is 2.19. The van der Waals surface area contributed by atoms with Gasteiger partial charge in [-0.05, 0) is 42.3 Å². The standard InChI is InChI=1S/C21H16ClN3O3S/c1-13-21(25-17-9-5-8-16(22)20(17)24-13)28-18-11-10-15(12-19(18)29(23,26)27)14-6-3-2-4-7-14/h2-12H,1H3,(H2,23,26,27). The molecule has 2 N–H and O–H groups in total. The van der Waals surface area contributed by atoms with E-state index < -0.39 is 10.0 Å². The summed E-state index contributed by atoms with van der Waals surface area (Å²) < 4.78 is 30.3. The fourth-order valence-corrected chi connectivity index (χ4v) is 3.83. The molecule has 0 unspecified atom stereocenters. The normalized spacial score (nSPS) is 11.6. The summed E-state index contributed by atoms with van der Waals surface area (Å²) in [6.07, 6.45) is 0. The number of halogens is 1. The quantitative estimate of drug-likeness (QED) is 0.511. The summed E-state index contributed by atoms with van der Waals surface area (Å²) >= 11 is 6.16. The van der Waals surface area contributed by atoms with E-state index in [2.05, 4.69) is 9.97 Å². The zero-order chi connectivity index (χ0) is 20.6. The van der Waals surface area contributed by atoms with Crippen LogP contribution < -0.4 is 9.88 Å². The average Bonchev–Trinajstić information content (AvgIpc) is 2.69. The maximum absolute atomic E-state index is 12.2. The molecule has 0 saturated carbocycles. The molecule has 0 bridgehead atoms. The van der Waals surface area contributed by atoms with Gasteiger partial charge in [-0.15, -0.1) is 0 Å². The number of nitrogens with zero attached hydrogens (tertiary/aromatic N) is 2. The fourth-order valence-electron chi connectivity index (χ4n) is 2.94. The Morgan fingerprint density at radius 2 is 1.69 bits per heavy atom. The van der Waals surface area contributed by atoms with Gasteiger partial charge in [0.2, 0.25) is 15.9 Å². The lowest BCUT2D eigenvalue weighted by Gasteiger charge is -2.13. The molecule has 0 saturated heterocycles. The number of aryl methyl sites for hydroxylation is 1. The van der Waals surface area contributed by atoms with Crippen LogP contribution in [0.1, 0.15) is 5.69 Å². The first kappa shape index (κ1) is 19.3. The average molecular weight is 426 g/mol. The Hall–Kier alpha value is -3.00. The number of aromatic nitrogens is 2. The monoisotopic (exact) mass is 425 g/mol. The Labute approximate surface area is 173 Å². The number of hydrogen-bond acceptors (Lipinski definition) is 5. The van der Waals surface area contributed by atoms with Gasteiger partial charge < -0.3 is 4.74 Å². The van der Waals surface area contributed by atoms with Crippen LogP contribution in [0.2, 0.25) is 5.02 Å². The molecule has 0 spiro atoms. The molecule has 0 aliphatic carbocycles. The van der Waals surface area contributed by atoms with Crippen molar-refractivity contribution < 1.29 is 13.2 Å². The van der Waals surface area contributed by atoms with Gasteiger partial charge in [0.05, 0.1) is 10.5 Å². The van der Waals surface area contributed by atoms with Crippen molar-refractivity contribution in [2.75, 3.05) is 0 Å². The Bertz CT molecular complexity index is 1330. The number of sulfonamides is 1. The van der Waals surface area contributed by atoms with Gasteiger partial charge in [-0.2, -0.15) is 0 Å². The minimum absolute atomic E-state index is 0.0750. The number of para-hydroxylation sites is 1. The maximum Gasteiger partial charge on any atom is 0.241 e. The van der Waals surface area contributed by atoms with Crippen molar-refractivity contribution in [3.8, 4) is 22.8 Å². The maximum atomic E-state index is 12.2. The molecule has 0 radical (unpaired) electrons. The summed E-state index contributed by atoms with van der Waals surface area (Å²) in [7, 11) is -4.04. The van der Waals surface area contributed by atoms with Gasteiger partial charge in [-0.3, -0.25) is 0 Å². The number of primary sulfonamides is 1. The van der Waals surface area contributed by atoms with Gasteiger partial charge in [-0.25, -0.2) is 23.5 Å². The van der Waals surface area contributed by atoms with Gasteiger partial charge in [-0.1, -0.05) is 54.1 Å². The molecular formula is C21H16ClN3O3S. The number of ether oxygens (including phenoxy) is 1. The van der Waals surface area contributed by atoms with Crippen molar-refractivity contribution in [1.29, 1.82) is 0 Å². The lowest BCUT2D eigenvalue weighted by Crippen LogP contribution is -2.13. The van der Waals surface area contributed by atoms with E-state index in [0.29, 0.717) is 27.3 Å². The first-order valence-electron chi connectivity index (χ1n) is 8.66. The molecule has 4 aromatic rings. The molecule has 1 heterocycles. The van der Waals surface area contributed by atoms with Crippen molar-refractivity contribution in [2.24, 2.45) is 5.14 Å². The largest absolute Gasteiger partial charge is 0.436 e. The van der Waals surface area contributed by atoms with Crippen LogP contribution in [-0.4, -0.2) is 18.4 Å². The van der Waals surface area contributed by atoms with Crippen molar-refractivity contribution in [3.63, 3.8) is 0 Å². The van der Waals surface area contributed by atoms with E-state index in [1.165, 1.54) is 6.07 Å². The van der Waals surface area contributed by atoms with Crippen LogP contribution in [0, 0.1) is 6.92 Å². The van der Waals surface area contributed by atoms with E-state index in [1.54, 1.807) is 37.3 Å². The first-order chi connectivity index (χ1) is 13.8. The van der Waals surface area contributed by atoms with Crippen molar-refractivity contribution in [2.45, 2.75) is 11.8 Å². The van der Waals surface area contributed by atoms with Gasteiger partial charge in [0, 0.05) is 0 Å². The molecule has 3 aromatic carbocycles. The zero-order valence-corrected chi connectivity index (χ0v) is 16.9.